The molecule has 0 unspecified atom stereocenters. The Kier molecular flexibility index (Phi) is 1.72. The number of anilines is 1. The second-order valence-electron chi connectivity index (χ2n) is 1.88. The highest BCUT2D eigenvalue weighted by molar-refractivity contribution is 5.41. The average Bonchev–Trinajstić information content (AvgIpc) is 1.97. The van der Waals surface area contributed by atoms with Crippen molar-refractivity contribution in [1.29, 1.82) is 0 Å². The molecule has 0 fully saturated rings. The number of halogens is 4. The first-order valence-electron chi connectivity index (χ1n) is 2.62. The third-order valence-electron chi connectivity index (χ3n) is 1.15. The summed E-state index contributed by atoms with van der Waals surface area (Å²) >= 11 is 0. The molecule has 0 spiro atoms. The second kappa shape index (κ2) is 2.41. The average molecular weight is 165 g/mol. The van der Waals surface area contributed by atoms with E-state index in [0.29, 0.717) is 0 Å². The Balaban J connectivity index is 3.46. The van der Waals surface area contributed by atoms with Gasteiger partial charge in [-0.1, -0.05) is 0 Å². The van der Waals surface area contributed by atoms with Crippen molar-refractivity contribution >= 4 is 5.69 Å². The van der Waals surface area contributed by atoms with Gasteiger partial charge in [0, 0.05) is 6.07 Å². The first-order valence-corrected chi connectivity index (χ1v) is 2.62. The van der Waals surface area contributed by atoms with Crippen molar-refractivity contribution in [2.75, 3.05) is 5.73 Å². The Morgan fingerprint density at radius 2 is 1.45 bits per heavy atom. The molecule has 5 heteroatoms. The summed E-state index contributed by atoms with van der Waals surface area (Å²) in [7, 11) is 0. The minimum Gasteiger partial charge on any atom is -0.394 e. The molecule has 2 N–H and O–H groups in total. The lowest BCUT2D eigenvalue weighted by molar-refractivity contribution is 0.438. The van der Waals surface area contributed by atoms with Crippen LogP contribution in [0.25, 0.3) is 0 Å². The zero-order valence-electron chi connectivity index (χ0n) is 5.17. The largest absolute Gasteiger partial charge is 0.394 e. The molecule has 0 bridgehead atoms. The van der Waals surface area contributed by atoms with Gasteiger partial charge >= 0.3 is 0 Å². The minimum atomic E-state index is -1.76. The van der Waals surface area contributed by atoms with Gasteiger partial charge in [-0.15, -0.1) is 0 Å². The molecule has 0 aromatic heterocycles. The molecular formula is C6H3F4N. The van der Waals surface area contributed by atoms with Crippen LogP contribution in [0.2, 0.25) is 0 Å². The zero-order chi connectivity index (χ0) is 8.59. The quantitative estimate of drug-likeness (QED) is 0.270. The molecule has 0 amide bonds. The normalized spacial score (nSPS) is 10.2. The summed E-state index contributed by atoms with van der Waals surface area (Å²) < 4.78 is 48.8. The topological polar surface area (TPSA) is 26.0 Å². The molecule has 11 heavy (non-hydrogen) atoms. The van der Waals surface area contributed by atoms with E-state index in [2.05, 4.69) is 0 Å². The van der Waals surface area contributed by atoms with E-state index in [9.17, 15) is 17.6 Å². The SMILES string of the molecule is Nc1c(F)cc(F)c(F)c1F. The van der Waals surface area contributed by atoms with Gasteiger partial charge in [0.1, 0.15) is 5.69 Å². The second-order valence-corrected chi connectivity index (χ2v) is 1.88. The molecule has 1 rings (SSSR count). The van der Waals surface area contributed by atoms with Gasteiger partial charge in [-0.05, 0) is 0 Å². The minimum absolute atomic E-state index is 0.188. The van der Waals surface area contributed by atoms with Gasteiger partial charge in [0.25, 0.3) is 0 Å². The number of benzene rings is 1. The smallest absolute Gasteiger partial charge is 0.196 e. The third-order valence-corrected chi connectivity index (χ3v) is 1.15. The van der Waals surface area contributed by atoms with Crippen LogP contribution in [0.5, 0.6) is 0 Å². The first-order chi connectivity index (χ1) is 5.04. The maximum Gasteiger partial charge on any atom is 0.196 e. The van der Waals surface area contributed by atoms with Gasteiger partial charge in [0.15, 0.2) is 23.3 Å². The molecule has 0 saturated heterocycles. The lowest BCUT2D eigenvalue weighted by atomic mass is 10.3. The highest BCUT2D eigenvalue weighted by Crippen LogP contribution is 2.20. The number of rotatable bonds is 0. The number of nitrogen functional groups attached to an aromatic ring is 1. The van der Waals surface area contributed by atoms with Gasteiger partial charge in [-0.25, -0.2) is 17.6 Å². The van der Waals surface area contributed by atoms with E-state index in [4.69, 9.17) is 5.73 Å². The van der Waals surface area contributed by atoms with Gasteiger partial charge in [-0.3, -0.25) is 0 Å². The summed E-state index contributed by atoms with van der Waals surface area (Å²) in [6, 6.07) is 0.188. The fraction of sp³-hybridized carbons (Fsp3) is 0. The fourth-order valence-electron chi connectivity index (χ4n) is 0.580. The molecule has 1 aromatic carbocycles. The van der Waals surface area contributed by atoms with Crippen molar-refractivity contribution in [2.45, 2.75) is 0 Å². The molecule has 0 saturated carbocycles. The van der Waals surface area contributed by atoms with Crippen LogP contribution in [-0.4, -0.2) is 0 Å². The van der Waals surface area contributed by atoms with Crippen LogP contribution in [0.3, 0.4) is 0 Å². The van der Waals surface area contributed by atoms with Crippen molar-refractivity contribution < 1.29 is 17.6 Å². The van der Waals surface area contributed by atoms with Crippen LogP contribution >= 0.6 is 0 Å². The van der Waals surface area contributed by atoms with Crippen LogP contribution in [0, 0.1) is 23.3 Å². The Hall–Kier alpha value is -1.26. The maximum atomic E-state index is 12.3. The zero-order valence-corrected chi connectivity index (χ0v) is 5.17. The number of hydrogen-bond donors (Lipinski definition) is 1. The maximum absolute atomic E-state index is 12.3. The first kappa shape index (κ1) is 7.84. The molecule has 0 aliphatic rings. The van der Waals surface area contributed by atoms with Gasteiger partial charge in [-0.2, -0.15) is 0 Å². The van der Waals surface area contributed by atoms with E-state index in [1.54, 1.807) is 0 Å². The van der Waals surface area contributed by atoms with Gasteiger partial charge in [0.2, 0.25) is 0 Å². The van der Waals surface area contributed by atoms with E-state index < -0.39 is 29.0 Å². The highest BCUT2D eigenvalue weighted by Gasteiger charge is 2.15. The molecule has 0 aliphatic carbocycles. The molecule has 1 nitrogen and oxygen atoms in total. The van der Waals surface area contributed by atoms with Crippen LogP contribution in [-0.2, 0) is 0 Å². The summed E-state index contributed by atoms with van der Waals surface area (Å²) in [5, 5.41) is 0. The Morgan fingerprint density at radius 1 is 0.909 bits per heavy atom. The third kappa shape index (κ3) is 1.13. The summed E-state index contributed by atoms with van der Waals surface area (Å²) in [5.74, 6) is -6.35. The Bertz CT molecular complexity index is 271. The van der Waals surface area contributed by atoms with Crippen LogP contribution in [0.15, 0.2) is 6.07 Å². The van der Waals surface area contributed by atoms with E-state index in [0.717, 1.165) is 0 Å². The van der Waals surface area contributed by atoms with Crippen molar-refractivity contribution in [3.63, 3.8) is 0 Å². The Labute approximate surface area is 59.4 Å². The summed E-state index contributed by atoms with van der Waals surface area (Å²) in [6.45, 7) is 0. The van der Waals surface area contributed by atoms with Crippen molar-refractivity contribution in [1.82, 2.24) is 0 Å². The molecule has 60 valence electrons. The lowest BCUT2D eigenvalue weighted by Gasteiger charge is -1.99. The van der Waals surface area contributed by atoms with Crippen molar-refractivity contribution in [3.8, 4) is 0 Å². The molecule has 0 radical (unpaired) electrons. The van der Waals surface area contributed by atoms with E-state index in [-0.39, 0.29) is 6.07 Å². The molecule has 1 aromatic rings. The van der Waals surface area contributed by atoms with E-state index in [1.165, 1.54) is 0 Å². The summed E-state index contributed by atoms with van der Waals surface area (Å²) in [5.41, 5.74) is 3.68. The van der Waals surface area contributed by atoms with Crippen LogP contribution in [0.4, 0.5) is 23.2 Å². The van der Waals surface area contributed by atoms with Gasteiger partial charge < -0.3 is 5.73 Å². The molecular weight excluding hydrogens is 162 g/mol. The number of nitrogens with two attached hydrogens (primary N) is 1. The van der Waals surface area contributed by atoms with Crippen LogP contribution < -0.4 is 5.73 Å². The fourth-order valence-corrected chi connectivity index (χ4v) is 0.580. The van der Waals surface area contributed by atoms with Crippen molar-refractivity contribution in [2.24, 2.45) is 0 Å². The number of hydrogen-bond acceptors (Lipinski definition) is 1. The van der Waals surface area contributed by atoms with Gasteiger partial charge in [0.05, 0.1) is 0 Å². The lowest BCUT2D eigenvalue weighted by Crippen LogP contribution is -2.01. The predicted molar refractivity (Wildman–Crippen MR) is 30.7 cm³/mol. The monoisotopic (exact) mass is 165 g/mol. The molecule has 0 aliphatic heterocycles. The highest BCUT2D eigenvalue weighted by atomic mass is 19.2. The predicted octanol–water partition coefficient (Wildman–Crippen LogP) is 1.83. The van der Waals surface area contributed by atoms with E-state index in [1.807, 2.05) is 0 Å². The van der Waals surface area contributed by atoms with Crippen LogP contribution in [0.1, 0.15) is 0 Å². The van der Waals surface area contributed by atoms with Crippen molar-refractivity contribution in [3.05, 3.63) is 29.3 Å². The van der Waals surface area contributed by atoms with E-state index >= 15 is 0 Å². The molecule has 0 heterocycles. The Morgan fingerprint density at radius 3 is 2.00 bits per heavy atom. The molecule has 0 atom stereocenters. The standard InChI is InChI=1S/C6H3F4N/c7-2-1-3(8)6(11)5(10)4(2)9/h1H,11H2. The summed E-state index contributed by atoms with van der Waals surface area (Å²) in [4.78, 5) is 0. The summed E-state index contributed by atoms with van der Waals surface area (Å²) in [6.07, 6.45) is 0.